The number of pyridine rings is 2. The van der Waals surface area contributed by atoms with Crippen molar-refractivity contribution >= 4 is 22.8 Å². The van der Waals surface area contributed by atoms with Crippen molar-refractivity contribution in [2.45, 2.75) is 19.9 Å². The number of carbonyl (C=O) groups is 1. The van der Waals surface area contributed by atoms with Crippen LogP contribution in [-0.2, 0) is 4.74 Å². The first-order chi connectivity index (χ1) is 15.4. The summed E-state index contributed by atoms with van der Waals surface area (Å²) < 4.78 is 27.0. The first kappa shape index (κ1) is 21.8. The molecule has 0 aliphatic carbocycles. The fourth-order valence-corrected chi connectivity index (χ4v) is 3.87. The second kappa shape index (κ2) is 8.96. The molecule has 1 saturated heterocycles. The molecule has 9 heteroatoms. The SMILES string of the molecule is CCOC(=O)c1cn(-c2ccc(OC)cc2)c2nc(N3CCNCC3C)c(F)cc2c1=O. The lowest BCUT2D eigenvalue weighted by molar-refractivity contribution is 0.0524. The van der Waals surface area contributed by atoms with Crippen molar-refractivity contribution in [3.05, 3.63) is 58.1 Å². The molecule has 1 fully saturated rings. The molecule has 1 aliphatic rings. The third-order valence-electron chi connectivity index (χ3n) is 5.53. The highest BCUT2D eigenvalue weighted by Crippen LogP contribution is 2.26. The lowest BCUT2D eigenvalue weighted by Gasteiger charge is -2.35. The Hall–Kier alpha value is -3.46. The molecule has 2 aromatic heterocycles. The molecule has 0 radical (unpaired) electrons. The normalized spacial score (nSPS) is 16.2. The molecule has 0 saturated carbocycles. The van der Waals surface area contributed by atoms with E-state index in [0.29, 0.717) is 31.1 Å². The largest absolute Gasteiger partial charge is 0.497 e. The van der Waals surface area contributed by atoms with Gasteiger partial charge < -0.3 is 24.3 Å². The van der Waals surface area contributed by atoms with Crippen LogP contribution >= 0.6 is 0 Å². The molecule has 4 rings (SSSR count). The van der Waals surface area contributed by atoms with Gasteiger partial charge in [-0.1, -0.05) is 0 Å². The maximum absolute atomic E-state index is 15.2. The van der Waals surface area contributed by atoms with Gasteiger partial charge >= 0.3 is 5.97 Å². The Morgan fingerprint density at radius 1 is 1.31 bits per heavy atom. The van der Waals surface area contributed by atoms with Gasteiger partial charge in [-0.15, -0.1) is 0 Å². The molecule has 32 heavy (non-hydrogen) atoms. The van der Waals surface area contributed by atoms with Crippen molar-refractivity contribution in [1.82, 2.24) is 14.9 Å². The number of carbonyl (C=O) groups excluding carboxylic acids is 1. The van der Waals surface area contributed by atoms with E-state index >= 15 is 4.39 Å². The molecular formula is C23H25FN4O4. The summed E-state index contributed by atoms with van der Waals surface area (Å²) in [6, 6.07) is 8.25. The lowest BCUT2D eigenvalue weighted by Crippen LogP contribution is -2.50. The van der Waals surface area contributed by atoms with Crippen LogP contribution in [0.5, 0.6) is 5.75 Å². The number of hydrogen-bond acceptors (Lipinski definition) is 7. The van der Waals surface area contributed by atoms with Crippen LogP contribution in [0.1, 0.15) is 24.2 Å². The maximum Gasteiger partial charge on any atom is 0.343 e. The average molecular weight is 440 g/mol. The van der Waals surface area contributed by atoms with Gasteiger partial charge in [0.1, 0.15) is 11.3 Å². The van der Waals surface area contributed by atoms with Crippen molar-refractivity contribution in [2.75, 3.05) is 38.3 Å². The monoisotopic (exact) mass is 440 g/mol. The van der Waals surface area contributed by atoms with Gasteiger partial charge in [0.15, 0.2) is 17.3 Å². The minimum atomic E-state index is -0.762. The van der Waals surface area contributed by atoms with Crippen LogP contribution in [0, 0.1) is 5.82 Å². The van der Waals surface area contributed by atoms with E-state index in [0.717, 1.165) is 6.07 Å². The van der Waals surface area contributed by atoms with E-state index in [1.165, 1.54) is 6.20 Å². The third-order valence-corrected chi connectivity index (χ3v) is 5.53. The van der Waals surface area contributed by atoms with E-state index in [4.69, 9.17) is 9.47 Å². The first-order valence-electron chi connectivity index (χ1n) is 10.5. The van der Waals surface area contributed by atoms with E-state index in [-0.39, 0.29) is 35.1 Å². The Morgan fingerprint density at radius 3 is 2.72 bits per heavy atom. The fourth-order valence-electron chi connectivity index (χ4n) is 3.87. The van der Waals surface area contributed by atoms with E-state index in [9.17, 15) is 9.59 Å². The minimum absolute atomic E-state index is 0.00964. The number of aromatic nitrogens is 2. The number of hydrogen-bond donors (Lipinski definition) is 1. The molecule has 8 nitrogen and oxygen atoms in total. The van der Waals surface area contributed by atoms with Crippen LogP contribution in [0.3, 0.4) is 0 Å². The van der Waals surface area contributed by atoms with Gasteiger partial charge in [-0.05, 0) is 44.2 Å². The summed E-state index contributed by atoms with van der Waals surface area (Å²) in [5.74, 6) is -0.538. The number of halogens is 1. The van der Waals surface area contributed by atoms with Crippen LogP contribution in [0.4, 0.5) is 10.2 Å². The van der Waals surface area contributed by atoms with Gasteiger partial charge in [0, 0.05) is 37.6 Å². The van der Waals surface area contributed by atoms with Crippen molar-refractivity contribution in [2.24, 2.45) is 0 Å². The zero-order valence-corrected chi connectivity index (χ0v) is 18.2. The van der Waals surface area contributed by atoms with Gasteiger partial charge in [-0.25, -0.2) is 14.2 Å². The zero-order chi connectivity index (χ0) is 22.8. The Labute approximate surface area is 184 Å². The van der Waals surface area contributed by atoms with Crippen molar-refractivity contribution in [1.29, 1.82) is 0 Å². The molecule has 3 heterocycles. The molecule has 1 unspecified atom stereocenters. The van der Waals surface area contributed by atoms with E-state index in [1.54, 1.807) is 42.9 Å². The summed E-state index contributed by atoms with van der Waals surface area (Å²) in [5, 5.41) is 3.28. The number of ether oxygens (including phenoxy) is 2. The Bertz CT molecular complexity index is 1210. The predicted octanol–water partition coefficient (Wildman–Crippen LogP) is 2.51. The minimum Gasteiger partial charge on any atom is -0.497 e. The first-order valence-corrected chi connectivity index (χ1v) is 10.5. The van der Waals surface area contributed by atoms with E-state index in [2.05, 4.69) is 10.3 Å². The highest BCUT2D eigenvalue weighted by Gasteiger charge is 2.25. The van der Waals surface area contributed by atoms with Crippen molar-refractivity contribution in [3.8, 4) is 11.4 Å². The standard InChI is InChI=1S/C23H25FN4O4/c1-4-32-23(30)18-13-28(15-5-7-16(31-3)8-6-15)21-17(20(18)29)11-19(24)22(26-21)27-10-9-25-12-14(27)2/h5-8,11,13-14,25H,4,9-10,12H2,1-3H3. The van der Waals surface area contributed by atoms with Gasteiger partial charge in [-0.2, -0.15) is 0 Å². The molecule has 0 spiro atoms. The molecule has 168 valence electrons. The van der Waals surface area contributed by atoms with Gasteiger partial charge in [0.05, 0.1) is 19.1 Å². The van der Waals surface area contributed by atoms with Gasteiger partial charge in [0.2, 0.25) is 5.43 Å². The van der Waals surface area contributed by atoms with Gasteiger partial charge in [-0.3, -0.25) is 4.79 Å². The number of rotatable bonds is 5. The topological polar surface area (TPSA) is 85.7 Å². The Morgan fingerprint density at radius 2 is 2.06 bits per heavy atom. The van der Waals surface area contributed by atoms with Crippen LogP contribution in [0.2, 0.25) is 0 Å². The highest BCUT2D eigenvalue weighted by molar-refractivity contribution is 5.94. The highest BCUT2D eigenvalue weighted by atomic mass is 19.1. The smallest absolute Gasteiger partial charge is 0.343 e. The van der Waals surface area contributed by atoms with E-state index in [1.807, 2.05) is 11.8 Å². The number of benzene rings is 1. The summed E-state index contributed by atoms with van der Waals surface area (Å²) in [7, 11) is 1.56. The predicted molar refractivity (Wildman–Crippen MR) is 119 cm³/mol. The summed E-state index contributed by atoms with van der Waals surface area (Å²) in [4.78, 5) is 32.0. The van der Waals surface area contributed by atoms with E-state index < -0.39 is 17.2 Å². The molecule has 1 atom stereocenters. The molecule has 1 aliphatic heterocycles. The van der Waals surface area contributed by atoms with Gasteiger partial charge in [0.25, 0.3) is 0 Å². The number of fused-ring (bicyclic) bond motifs is 1. The number of esters is 1. The van der Waals surface area contributed by atoms with Crippen LogP contribution in [0.25, 0.3) is 16.7 Å². The fraction of sp³-hybridized carbons (Fsp3) is 0.348. The number of piperazine rings is 1. The summed E-state index contributed by atoms with van der Waals surface area (Å²) in [6.45, 7) is 5.75. The Kier molecular flexibility index (Phi) is 6.09. The second-order valence-electron chi connectivity index (χ2n) is 7.57. The summed E-state index contributed by atoms with van der Waals surface area (Å²) >= 11 is 0. The van der Waals surface area contributed by atoms with Crippen LogP contribution in [0.15, 0.2) is 41.3 Å². The molecule has 1 N–H and O–H groups in total. The number of nitrogens with zero attached hydrogens (tertiary/aromatic N) is 3. The number of methoxy groups -OCH3 is 1. The van der Waals surface area contributed by atoms with Crippen LogP contribution < -0.4 is 20.4 Å². The number of nitrogens with one attached hydrogen (secondary N) is 1. The van der Waals surface area contributed by atoms with Crippen LogP contribution in [-0.4, -0.2) is 54.9 Å². The molecular weight excluding hydrogens is 415 g/mol. The summed E-state index contributed by atoms with van der Waals surface area (Å²) in [5.41, 5.74) is 0.101. The quantitative estimate of drug-likeness (QED) is 0.610. The molecule has 0 amide bonds. The lowest BCUT2D eigenvalue weighted by atomic mass is 10.1. The average Bonchev–Trinajstić information content (AvgIpc) is 2.80. The molecule has 1 aromatic carbocycles. The third kappa shape index (κ3) is 3.91. The summed E-state index contributed by atoms with van der Waals surface area (Å²) in [6.07, 6.45) is 1.40. The second-order valence-corrected chi connectivity index (χ2v) is 7.57. The number of anilines is 1. The maximum atomic E-state index is 15.2. The molecule has 0 bridgehead atoms. The molecule has 3 aromatic rings. The van der Waals surface area contributed by atoms with Crippen molar-refractivity contribution in [3.63, 3.8) is 0 Å². The van der Waals surface area contributed by atoms with Crippen molar-refractivity contribution < 1.29 is 18.7 Å². The Balaban J connectivity index is 1.98. The zero-order valence-electron chi connectivity index (χ0n) is 18.2.